The highest BCUT2D eigenvalue weighted by Gasteiger charge is 2.28. The third-order valence-corrected chi connectivity index (χ3v) is 4.75. The van der Waals surface area contributed by atoms with Gasteiger partial charge in [-0.2, -0.15) is 5.10 Å². The van der Waals surface area contributed by atoms with Crippen LogP contribution < -0.4 is 0 Å². The molecular formula is C19H22FN3O3. The Kier molecular flexibility index (Phi) is 5.06. The van der Waals surface area contributed by atoms with Crippen LogP contribution in [0.3, 0.4) is 0 Å². The van der Waals surface area contributed by atoms with Gasteiger partial charge < -0.3 is 10.0 Å². The Bertz CT molecular complexity index is 847. The summed E-state index contributed by atoms with van der Waals surface area (Å²) in [7, 11) is 1.58. The molecule has 6 nitrogen and oxygen atoms in total. The zero-order valence-corrected chi connectivity index (χ0v) is 14.9. The van der Waals surface area contributed by atoms with Gasteiger partial charge in [0.05, 0.1) is 11.6 Å². The van der Waals surface area contributed by atoms with Gasteiger partial charge in [0.2, 0.25) is 0 Å². The molecule has 0 fully saturated rings. The molecule has 138 valence electrons. The number of benzene rings is 1. The molecule has 1 atom stereocenters. The van der Waals surface area contributed by atoms with Crippen molar-refractivity contribution in [1.29, 1.82) is 0 Å². The lowest BCUT2D eigenvalue weighted by Gasteiger charge is -2.19. The largest absolute Gasteiger partial charge is 0.481 e. The van der Waals surface area contributed by atoms with Gasteiger partial charge in [0.25, 0.3) is 5.91 Å². The summed E-state index contributed by atoms with van der Waals surface area (Å²) in [6.45, 7) is 1.67. The fraction of sp³-hybridized carbons (Fsp3) is 0.421. The number of carboxylic acids is 1. The zero-order chi connectivity index (χ0) is 18.8. The molecule has 0 radical (unpaired) electrons. The molecule has 3 rings (SSSR count). The van der Waals surface area contributed by atoms with E-state index < -0.39 is 11.9 Å². The average Bonchev–Trinajstić information content (AvgIpc) is 3.00. The number of hydrogen-bond donors (Lipinski definition) is 1. The molecule has 26 heavy (non-hydrogen) atoms. The normalized spacial score (nSPS) is 14.6. The quantitative estimate of drug-likeness (QED) is 0.891. The molecule has 7 heteroatoms. The number of rotatable bonds is 5. The molecule has 0 saturated carbocycles. The van der Waals surface area contributed by atoms with Gasteiger partial charge in [-0.1, -0.05) is 13.0 Å². The second kappa shape index (κ2) is 7.27. The number of nitrogens with zero attached hydrogens (tertiary/aromatic N) is 3. The molecule has 1 N–H and O–H groups in total. The van der Waals surface area contributed by atoms with E-state index >= 15 is 0 Å². The van der Waals surface area contributed by atoms with Crippen LogP contribution in [0.5, 0.6) is 0 Å². The molecule has 1 unspecified atom stereocenters. The first-order chi connectivity index (χ1) is 12.4. The van der Waals surface area contributed by atoms with Crippen molar-refractivity contribution in [2.45, 2.75) is 32.6 Å². The van der Waals surface area contributed by atoms with Gasteiger partial charge in [-0.25, -0.2) is 9.07 Å². The molecular weight excluding hydrogens is 337 g/mol. The Hall–Kier alpha value is -2.70. The van der Waals surface area contributed by atoms with E-state index in [-0.39, 0.29) is 18.3 Å². The van der Waals surface area contributed by atoms with Crippen LogP contribution in [0.4, 0.5) is 4.39 Å². The molecule has 0 bridgehead atoms. The van der Waals surface area contributed by atoms with E-state index in [1.54, 1.807) is 30.8 Å². The Labute approximate surface area is 151 Å². The minimum Gasteiger partial charge on any atom is -0.481 e. The lowest BCUT2D eigenvalue weighted by molar-refractivity contribution is -0.141. The van der Waals surface area contributed by atoms with Crippen molar-refractivity contribution in [2.75, 3.05) is 13.6 Å². The van der Waals surface area contributed by atoms with E-state index in [9.17, 15) is 14.0 Å². The van der Waals surface area contributed by atoms with Gasteiger partial charge in [-0.05, 0) is 43.9 Å². The third-order valence-electron chi connectivity index (χ3n) is 4.75. The van der Waals surface area contributed by atoms with Crippen LogP contribution in [0.1, 0.15) is 41.5 Å². The van der Waals surface area contributed by atoms with Gasteiger partial charge in [-0.3, -0.25) is 9.59 Å². The van der Waals surface area contributed by atoms with E-state index in [2.05, 4.69) is 5.10 Å². The summed E-state index contributed by atoms with van der Waals surface area (Å²) >= 11 is 0. The maximum atomic E-state index is 13.6. The monoisotopic (exact) mass is 359 g/mol. The fourth-order valence-electron chi connectivity index (χ4n) is 3.34. The molecule has 1 heterocycles. The van der Waals surface area contributed by atoms with E-state index in [0.717, 1.165) is 36.9 Å². The summed E-state index contributed by atoms with van der Waals surface area (Å²) in [4.78, 5) is 25.3. The second-order valence-electron chi connectivity index (χ2n) is 6.80. The van der Waals surface area contributed by atoms with Gasteiger partial charge in [0.1, 0.15) is 5.82 Å². The number of amides is 1. The smallest absolute Gasteiger partial charge is 0.308 e. The predicted molar refractivity (Wildman–Crippen MR) is 93.9 cm³/mol. The van der Waals surface area contributed by atoms with Crippen LogP contribution in [-0.2, 0) is 17.6 Å². The molecule has 1 aromatic carbocycles. The average molecular weight is 359 g/mol. The summed E-state index contributed by atoms with van der Waals surface area (Å²) in [5.74, 6) is -2.27. The van der Waals surface area contributed by atoms with Gasteiger partial charge in [0, 0.05) is 24.8 Å². The van der Waals surface area contributed by atoms with Crippen molar-refractivity contribution in [3.05, 3.63) is 47.0 Å². The Balaban J connectivity index is 1.97. The maximum absolute atomic E-state index is 13.6. The van der Waals surface area contributed by atoms with E-state index in [4.69, 9.17) is 5.11 Å². The number of carbonyl (C=O) groups excluding carboxylic acids is 1. The number of hydrogen-bond acceptors (Lipinski definition) is 3. The number of carbonyl (C=O) groups is 2. The Morgan fingerprint density at radius 3 is 2.77 bits per heavy atom. The second-order valence-corrected chi connectivity index (χ2v) is 6.80. The SMILES string of the molecule is CC(CN(C)C(=O)c1nn(-c2cccc(F)c2)c2c1CCCC2)C(=O)O. The first-order valence-corrected chi connectivity index (χ1v) is 8.73. The predicted octanol–water partition coefficient (Wildman–Crippen LogP) is 2.68. The standard InChI is InChI=1S/C19H22FN3O3/c1-12(19(25)26)11-22(2)18(24)17-15-8-3-4-9-16(15)23(21-17)14-7-5-6-13(20)10-14/h5-7,10,12H,3-4,8-9,11H2,1-2H3,(H,25,26). The minimum absolute atomic E-state index is 0.107. The van der Waals surface area contributed by atoms with Gasteiger partial charge in [-0.15, -0.1) is 0 Å². The summed E-state index contributed by atoms with van der Waals surface area (Å²) in [5.41, 5.74) is 2.75. The Morgan fingerprint density at radius 1 is 1.35 bits per heavy atom. The van der Waals surface area contributed by atoms with Crippen molar-refractivity contribution in [1.82, 2.24) is 14.7 Å². The van der Waals surface area contributed by atoms with Crippen LogP contribution >= 0.6 is 0 Å². The van der Waals surface area contributed by atoms with Crippen molar-refractivity contribution < 1.29 is 19.1 Å². The maximum Gasteiger partial charge on any atom is 0.308 e. The van der Waals surface area contributed by atoms with Crippen molar-refractivity contribution >= 4 is 11.9 Å². The zero-order valence-electron chi connectivity index (χ0n) is 14.9. The third kappa shape index (κ3) is 3.47. The van der Waals surface area contributed by atoms with E-state index in [0.29, 0.717) is 11.4 Å². The molecule has 1 amide bonds. The van der Waals surface area contributed by atoms with Crippen LogP contribution in [0.15, 0.2) is 24.3 Å². The Morgan fingerprint density at radius 2 is 2.08 bits per heavy atom. The highest BCUT2D eigenvalue weighted by Crippen LogP contribution is 2.28. The summed E-state index contributed by atoms with van der Waals surface area (Å²) in [6.07, 6.45) is 3.49. The van der Waals surface area contributed by atoms with E-state index in [1.165, 1.54) is 17.0 Å². The van der Waals surface area contributed by atoms with E-state index in [1.807, 2.05) is 0 Å². The molecule has 1 aliphatic rings. The molecule has 0 aliphatic heterocycles. The van der Waals surface area contributed by atoms with Crippen molar-refractivity contribution in [3.63, 3.8) is 0 Å². The van der Waals surface area contributed by atoms with Crippen molar-refractivity contribution in [2.24, 2.45) is 5.92 Å². The van der Waals surface area contributed by atoms with Crippen LogP contribution in [0.2, 0.25) is 0 Å². The number of halogens is 1. The number of fused-ring (bicyclic) bond motifs is 1. The lowest BCUT2D eigenvalue weighted by atomic mass is 9.95. The molecule has 2 aromatic rings. The first kappa shape index (κ1) is 18.1. The summed E-state index contributed by atoms with van der Waals surface area (Å²) in [6, 6.07) is 6.14. The number of carboxylic acid groups (broad SMARTS) is 1. The fourth-order valence-corrected chi connectivity index (χ4v) is 3.34. The molecule has 0 saturated heterocycles. The van der Waals surface area contributed by atoms with Crippen LogP contribution in [-0.4, -0.2) is 45.3 Å². The van der Waals surface area contributed by atoms with Crippen LogP contribution in [0.25, 0.3) is 5.69 Å². The first-order valence-electron chi connectivity index (χ1n) is 8.73. The van der Waals surface area contributed by atoms with Gasteiger partial charge >= 0.3 is 5.97 Å². The lowest BCUT2D eigenvalue weighted by Crippen LogP contribution is -2.34. The molecule has 1 aliphatic carbocycles. The highest BCUT2D eigenvalue weighted by molar-refractivity contribution is 5.94. The minimum atomic E-state index is -0.947. The topological polar surface area (TPSA) is 75.4 Å². The summed E-state index contributed by atoms with van der Waals surface area (Å²) < 4.78 is 15.3. The summed E-state index contributed by atoms with van der Waals surface area (Å²) in [5, 5.41) is 13.5. The van der Waals surface area contributed by atoms with Crippen LogP contribution in [0, 0.1) is 11.7 Å². The highest BCUT2D eigenvalue weighted by atomic mass is 19.1. The number of aromatic nitrogens is 2. The molecule has 1 aromatic heterocycles. The van der Waals surface area contributed by atoms with Crippen molar-refractivity contribution in [3.8, 4) is 5.69 Å². The number of aliphatic carboxylic acids is 1. The van der Waals surface area contributed by atoms with Gasteiger partial charge in [0.15, 0.2) is 5.69 Å². The molecule has 0 spiro atoms.